The Hall–Kier alpha value is -1.11. The van der Waals surface area contributed by atoms with Crippen LogP contribution in [0.3, 0.4) is 0 Å². The molecule has 2 fully saturated rings. The molecule has 0 aromatic heterocycles. The Morgan fingerprint density at radius 3 is 2.36 bits per heavy atom. The van der Waals surface area contributed by atoms with E-state index in [1.54, 1.807) is 18.2 Å². The molecule has 0 spiro atoms. The number of hydrogen-bond acceptors (Lipinski definition) is 5. The fourth-order valence-electron chi connectivity index (χ4n) is 3.41. The van der Waals surface area contributed by atoms with E-state index in [2.05, 4.69) is 16.7 Å². The molecule has 0 amide bonds. The van der Waals surface area contributed by atoms with Crippen LogP contribution in [0.1, 0.15) is 33.6 Å². The summed E-state index contributed by atoms with van der Waals surface area (Å²) in [5.41, 5.74) is 0. The van der Waals surface area contributed by atoms with Gasteiger partial charge in [-0.1, -0.05) is 26.8 Å². The summed E-state index contributed by atoms with van der Waals surface area (Å²) in [5, 5.41) is 0. The summed E-state index contributed by atoms with van der Waals surface area (Å²) in [7, 11) is -3.18. The van der Waals surface area contributed by atoms with Crippen molar-refractivity contribution >= 4 is 9.84 Å². The van der Waals surface area contributed by atoms with Crippen molar-refractivity contribution in [3.05, 3.63) is 24.3 Å². The number of likely N-dealkylation sites (tertiary alicyclic amines) is 2. The molecule has 6 heteroatoms. The summed E-state index contributed by atoms with van der Waals surface area (Å²) >= 11 is 0. The third-order valence-electron chi connectivity index (χ3n) is 4.93. The summed E-state index contributed by atoms with van der Waals surface area (Å²) < 4.78 is 29.1. The van der Waals surface area contributed by atoms with E-state index >= 15 is 0 Å². The first kappa shape index (κ1) is 20.2. The van der Waals surface area contributed by atoms with Gasteiger partial charge < -0.3 is 9.64 Å². The van der Waals surface area contributed by atoms with E-state index in [-0.39, 0.29) is 6.10 Å². The van der Waals surface area contributed by atoms with Gasteiger partial charge in [-0.15, -0.1) is 0 Å². The predicted molar refractivity (Wildman–Crippen MR) is 102 cm³/mol. The Balaban J connectivity index is 0.00000109. The highest BCUT2D eigenvalue weighted by molar-refractivity contribution is 7.90. The van der Waals surface area contributed by atoms with Gasteiger partial charge in [0.15, 0.2) is 9.84 Å². The van der Waals surface area contributed by atoms with Gasteiger partial charge in [-0.2, -0.15) is 0 Å². The standard InChI is InChI=1S/C17H26N2O3S.C2H6/c1-3-18-9-7-14(8-10-18)19-12-16(13-19)22-15-5-4-6-17(11-15)23(2,20)21;1-2/h4-6,11,14,16H,3,7-10,12-13H2,1-2H3;1-2H3. The number of nitrogens with zero attached hydrogens (tertiary/aromatic N) is 2. The van der Waals surface area contributed by atoms with E-state index in [0.29, 0.717) is 16.7 Å². The van der Waals surface area contributed by atoms with Crippen LogP contribution in [0.15, 0.2) is 29.2 Å². The van der Waals surface area contributed by atoms with E-state index in [0.717, 1.165) is 19.6 Å². The van der Waals surface area contributed by atoms with Gasteiger partial charge in [0, 0.05) is 25.4 Å². The molecule has 0 bridgehead atoms. The number of ether oxygens (including phenoxy) is 1. The second-order valence-electron chi connectivity index (χ2n) is 6.61. The molecule has 5 nitrogen and oxygen atoms in total. The highest BCUT2D eigenvalue weighted by Crippen LogP contribution is 2.25. The van der Waals surface area contributed by atoms with Crippen molar-refractivity contribution in [2.45, 2.75) is 50.7 Å². The van der Waals surface area contributed by atoms with E-state index in [1.165, 1.54) is 32.2 Å². The molecule has 0 atom stereocenters. The van der Waals surface area contributed by atoms with Gasteiger partial charge in [0.25, 0.3) is 0 Å². The normalized spacial score (nSPS) is 20.5. The summed E-state index contributed by atoms with van der Waals surface area (Å²) in [6, 6.07) is 7.48. The minimum Gasteiger partial charge on any atom is -0.488 e. The molecule has 2 heterocycles. The highest BCUT2D eigenvalue weighted by Gasteiger charge is 2.35. The zero-order chi connectivity index (χ0) is 18.4. The number of sulfone groups is 1. The SMILES string of the molecule is CC.CCN1CCC(N2CC(Oc3cccc(S(C)(=O)=O)c3)C2)CC1. The Morgan fingerprint density at radius 1 is 1.16 bits per heavy atom. The van der Waals surface area contributed by atoms with Crippen LogP contribution < -0.4 is 4.74 Å². The lowest BCUT2D eigenvalue weighted by atomic mass is 9.98. The number of rotatable bonds is 5. The maximum atomic E-state index is 11.6. The molecule has 0 saturated carbocycles. The second-order valence-corrected chi connectivity index (χ2v) is 8.62. The first-order valence-corrected chi connectivity index (χ1v) is 11.3. The molecule has 142 valence electrons. The fourth-order valence-corrected chi connectivity index (χ4v) is 4.07. The average molecular weight is 369 g/mol. The van der Waals surface area contributed by atoms with Crippen LogP contribution in [0, 0.1) is 0 Å². The van der Waals surface area contributed by atoms with E-state index in [1.807, 2.05) is 19.9 Å². The molecule has 0 radical (unpaired) electrons. The Kier molecular flexibility index (Phi) is 7.28. The molecule has 2 saturated heterocycles. The monoisotopic (exact) mass is 368 g/mol. The van der Waals surface area contributed by atoms with Gasteiger partial charge in [-0.25, -0.2) is 8.42 Å². The molecule has 3 rings (SSSR count). The van der Waals surface area contributed by atoms with Crippen LogP contribution >= 0.6 is 0 Å². The van der Waals surface area contributed by atoms with Gasteiger partial charge in [0.05, 0.1) is 4.90 Å². The molecule has 0 N–H and O–H groups in total. The van der Waals surface area contributed by atoms with Gasteiger partial charge in [-0.3, -0.25) is 4.90 Å². The van der Waals surface area contributed by atoms with Gasteiger partial charge in [-0.05, 0) is 50.7 Å². The Morgan fingerprint density at radius 2 is 1.80 bits per heavy atom. The molecular weight excluding hydrogens is 336 g/mol. The number of hydrogen-bond donors (Lipinski definition) is 0. The molecule has 2 aliphatic heterocycles. The van der Waals surface area contributed by atoms with E-state index < -0.39 is 9.84 Å². The minimum absolute atomic E-state index is 0.175. The maximum Gasteiger partial charge on any atom is 0.175 e. The average Bonchev–Trinajstić information content (AvgIpc) is 2.59. The van der Waals surface area contributed by atoms with Gasteiger partial charge >= 0.3 is 0 Å². The largest absolute Gasteiger partial charge is 0.488 e. The molecule has 1 aromatic rings. The summed E-state index contributed by atoms with van der Waals surface area (Å²) in [4.78, 5) is 5.32. The smallest absolute Gasteiger partial charge is 0.175 e. The lowest BCUT2D eigenvalue weighted by molar-refractivity contribution is -0.0262. The van der Waals surface area contributed by atoms with Crippen molar-refractivity contribution < 1.29 is 13.2 Å². The topological polar surface area (TPSA) is 49.9 Å². The lowest BCUT2D eigenvalue weighted by Crippen LogP contribution is -2.59. The van der Waals surface area contributed by atoms with Crippen molar-refractivity contribution in [2.75, 3.05) is 39.0 Å². The maximum absolute atomic E-state index is 11.6. The summed E-state index contributed by atoms with van der Waals surface area (Å²) in [6.07, 6.45) is 3.88. The van der Waals surface area contributed by atoms with Crippen LogP contribution in [0.2, 0.25) is 0 Å². The van der Waals surface area contributed by atoms with Gasteiger partial charge in [0.1, 0.15) is 11.9 Å². The zero-order valence-electron chi connectivity index (χ0n) is 15.9. The number of piperidine rings is 1. The molecule has 1 aromatic carbocycles. The van der Waals surface area contributed by atoms with Crippen LogP contribution in [0.5, 0.6) is 5.75 Å². The van der Waals surface area contributed by atoms with Crippen molar-refractivity contribution in [1.29, 1.82) is 0 Å². The molecule has 0 aliphatic carbocycles. The quantitative estimate of drug-likeness (QED) is 0.800. The molecule has 25 heavy (non-hydrogen) atoms. The first-order chi connectivity index (χ1) is 12.0. The predicted octanol–water partition coefficient (Wildman–Crippen LogP) is 2.66. The second kappa shape index (κ2) is 9.01. The van der Waals surface area contributed by atoms with Crippen LogP contribution in [0.25, 0.3) is 0 Å². The molecule has 0 unspecified atom stereocenters. The fraction of sp³-hybridized carbons (Fsp3) is 0.684. The summed E-state index contributed by atoms with van der Waals surface area (Å²) in [5.74, 6) is 0.651. The third-order valence-corrected chi connectivity index (χ3v) is 6.04. The van der Waals surface area contributed by atoms with Crippen molar-refractivity contribution in [1.82, 2.24) is 9.80 Å². The lowest BCUT2D eigenvalue weighted by Gasteiger charge is -2.46. The zero-order valence-corrected chi connectivity index (χ0v) is 16.8. The van der Waals surface area contributed by atoms with E-state index in [4.69, 9.17) is 4.74 Å². The Labute approximate surface area is 152 Å². The van der Waals surface area contributed by atoms with E-state index in [9.17, 15) is 8.42 Å². The number of benzene rings is 1. The Bertz CT molecular complexity index is 634. The van der Waals surface area contributed by atoms with Crippen molar-refractivity contribution in [3.8, 4) is 5.75 Å². The summed E-state index contributed by atoms with van der Waals surface area (Å²) in [6.45, 7) is 11.6. The van der Waals surface area contributed by atoms with Gasteiger partial charge in [0.2, 0.25) is 0 Å². The molecule has 2 aliphatic rings. The highest BCUT2D eigenvalue weighted by atomic mass is 32.2. The van der Waals surface area contributed by atoms with Crippen molar-refractivity contribution in [3.63, 3.8) is 0 Å². The molecular formula is C19H32N2O3S. The minimum atomic E-state index is -3.18. The first-order valence-electron chi connectivity index (χ1n) is 9.39. The third kappa shape index (κ3) is 5.43. The van der Waals surface area contributed by atoms with Crippen molar-refractivity contribution in [2.24, 2.45) is 0 Å². The van der Waals surface area contributed by atoms with Crippen LogP contribution in [0.4, 0.5) is 0 Å². The van der Waals surface area contributed by atoms with Crippen LogP contribution in [-0.2, 0) is 9.84 Å². The van der Waals surface area contributed by atoms with Crippen LogP contribution in [-0.4, -0.2) is 69.3 Å².